The number of aliphatic hydroxyl groups excluding tert-OH is 1. The molecule has 3 rings (SSSR count). The molecule has 0 aliphatic carbocycles. The van der Waals surface area contributed by atoms with Crippen LogP contribution < -0.4 is 0 Å². The van der Waals surface area contributed by atoms with E-state index in [1.807, 2.05) is 0 Å². The van der Waals surface area contributed by atoms with Crippen molar-refractivity contribution in [1.29, 1.82) is 0 Å². The molecule has 1 amide bonds. The molecule has 1 fully saturated rings. The van der Waals surface area contributed by atoms with Gasteiger partial charge < -0.3 is 14.9 Å². The third-order valence-electron chi connectivity index (χ3n) is 3.14. The molecule has 3 heterocycles. The molecule has 20 heavy (non-hydrogen) atoms. The second kappa shape index (κ2) is 4.76. The van der Waals surface area contributed by atoms with Crippen molar-refractivity contribution < 1.29 is 24.5 Å². The Hall–Kier alpha value is -1.58. The van der Waals surface area contributed by atoms with E-state index in [4.69, 9.17) is 9.84 Å². The van der Waals surface area contributed by atoms with Gasteiger partial charge in [0.05, 0.1) is 33.5 Å². The normalized spacial score (nSPS) is 24.7. The van der Waals surface area contributed by atoms with Crippen molar-refractivity contribution in [3.05, 3.63) is 22.0 Å². The van der Waals surface area contributed by atoms with E-state index in [9.17, 15) is 14.7 Å². The Morgan fingerprint density at radius 1 is 1.60 bits per heavy atom. The number of ether oxygens (including phenoxy) is 1. The van der Waals surface area contributed by atoms with Crippen LogP contribution in [-0.4, -0.2) is 44.1 Å². The molecule has 0 saturated carbocycles. The van der Waals surface area contributed by atoms with E-state index < -0.39 is 12.1 Å². The molecule has 1 aromatic heterocycles. The van der Waals surface area contributed by atoms with Gasteiger partial charge in [-0.2, -0.15) is 0 Å². The summed E-state index contributed by atoms with van der Waals surface area (Å²) in [5.41, 5.74) is 2.40. The summed E-state index contributed by atoms with van der Waals surface area (Å²) in [6, 6.07) is 0. The number of β-lactam (4-membered cyclic amide) rings is 1. The topological polar surface area (TPSA) is 100.0 Å². The van der Waals surface area contributed by atoms with Crippen molar-refractivity contribution >= 4 is 40.1 Å². The monoisotopic (exact) mass is 314 g/mol. The second-order valence-electron chi connectivity index (χ2n) is 4.27. The van der Waals surface area contributed by atoms with Crippen LogP contribution in [0.5, 0.6) is 0 Å². The number of aromatic nitrogens is 1. The lowest BCUT2D eigenvalue weighted by Crippen LogP contribution is -2.58. The van der Waals surface area contributed by atoms with Crippen molar-refractivity contribution in [3.63, 3.8) is 0 Å². The fourth-order valence-corrected chi connectivity index (χ4v) is 4.60. The first-order chi connectivity index (χ1) is 9.54. The number of aliphatic hydroxyl groups is 1. The molecule has 0 unspecified atom stereocenters. The second-order valence-corrected chi connectivity index (χ2v) is 6.26. The summed E-state index contributed by atoms with van der Waals surface area (Å²) in [6.07, 6.45) is -1.47. The Morgan fingerprint density at radius 3 is 2.90 bits per heavy atom. The van der Waals surface area contributed by atoms with E-state index in [0.29, 0.717) is 4.91 Å². The highest BCUT2D eigenvalue weighted by Gasteiger charge is 2.56. The van der Waals surface area contributed by atoms with Gasteiger partial charge in [0, 0.05) is 0 Å². The average molecular weight is 314 g/mol. The maximum absolute atomic E-state index is 11.9. The zero-order chi connectivity index (χ0) is 14.4. The van der Waals surface area contributed by atoms with Gasteiger partial charge in [-0.25, -0.2) is 9.78 Å². The van der Waals surface area contributed by atoms with Gasteiger partial charge in [-0.3, -0.25) is 9.69 Å². The molecule has 7 nitrogen and oxygen atoms in total. The minimum absolute atomic E-state index is 0.0227. The van der Waals surface area contributed by atoms with Gasteiger partial charge >= 0.3 is 6.16 Å². The van der Waals surface area contributed by atoms with Crippen molar-refractivity contribution in [3.8, 4) is 0 Å². The molecular weight excluding hydrogens is 304 g/mol. The van der Waals surface area contributed by atoms with E-state index in [0.717, 1.165) is 10.6 Å². The Labute approximate surface area is 121 Å². The number of aryl methyl sites for hydroxylation is 1. The summed E-state index contributed by atoms with van der Waals surface area (Å²) in [5.74, 6) is -0.814. The van der Waals surface area contributed by atoms with Gasteiger partial charge in [-0.15, -0.1) is 11.3 Å². The number of amides is 1. The van der Waals surface area contributed by atoms with Crippen LogP contribution in [0.25, 0.3) is 4.91 Å². The molecule has 2 atom stereocenters. The summed E-state index contributed by atoms with van der Waals surface area (Å²) in [6.45, 7) is 1.54. The van der Waals surface area contributed by atoms with Gasteiger partial charge in [0.25, 0.3) is 0 Å². The van der Waals surface area contributed by atoms with E-state index in [1.54, 1.807) is 12.4 Å². The maximum Gasteiger partial charge on any atom is 0.512 e. The van der Waals surface area contributed by atoms with Crippen molar-refractivity contribution in [1.82, 2.24) is 9.88 Å². The van der Waals surface area contributed by atoms with Gasteiger partial charge in [-0.05, 0) is 6.92 Å². The van der Waals surface area contributed by atoms with Crippen molar-refractivity contribution in [2.45, 2.75) is 12.3 Å². The smallest absolute Gasteiger partial charge is 0.449 e. The Balaban J connectivity index is 2.02. The number of hydrogen-bond donors (Lipinski definition) is 2. The molecular formula is C11H10N2O5S2. The zero-order valence-corrected chi connectivity index (χ0v) is 11.9. The largest absolute Gasteiger partial charge is 0.512 e. The number of thiazole rings is 1. The number of carbonyl (C=O) groups excluding carboxylic acids is 1. The highest BCUT2D eigenvalue weighted by atomic mass is 32.2. The van der Waals surface area contributed by atoms with Gasteiger partial charge in [0.15, 0.2) is 0 Å². The maximum atomic E-state index is 11.9. The van der Waals surface area contributed by atoms with Crippen molar-refractivity contribution in [2.75, 3.05) is 6.61 Å². The molecule has 1 aromatic rings. The quantitative estimate of drug-likeness (QED) is 0.640. The first-order valence-electron chi connectivity index (χ1n) is 5.70. The van der Waals surface area contributed by atoms with E-state index in [2.05, 4.69) is 4.98 Å². The van der Waals surface area contributed by atoms with Gasteiger partial charge in [-0.1, -0.05) is 11.8 Å². The summed E-state index contributed by atoms with van der Waals surface area (Å²) in [5, 5.41) is 17.7. The number of fused-ring (bicyclic) bond motifs is 1. The lowest BCUT2D eigenvalue weighted by molar-refractivity contribution is -0.151. The fraction of sp³-hybridized carbons (Fsp3) is 0.364. The molecule has 2 N–H and O–H groups in total. The molecule has 1 saturated heterocycles. The number of thioether (sulfide) groups is 1. The molecule has 9 heteroatoms. The lowest BCUT2D eigenvalue weighted by atomic mass is 10.00. The summed E-state index contributed by atoms with van der Waals surface area (Å²) < 4.78 is 4.78. The molecule has 2 aliphatic rings. The molecule has 0 aromatic carbocycles. The van der Waals surface area contributed by atoms with Crippen LogP contribution >= 0.6 is 23.1 Å². The summed E-state index contributed by atoms with van der Waals surface area (Å²) in [7, 11) is 0. The minimum Gasteiger partial charge on any atom is -0.449 e. The summed E-state index contributed by atoms with van der Waals surface area (Å²) >= 11 is 2.68. The van der Waals surface area contributed by atoms with Gasteiger partial charge in [0.2, 0.25) is 11.8 Å². The first kappa shape index (κ1) is 13.4. The molecule has 106 valence electrons. The summed E-state index contributed by atoms with van der Waals surface area (Å²) in [4.78, 5) is 29.5. The van der Waals surface area contributed by atoms with Gasteiger partial charge in [0.1, 0.15) is 5.37 Å². The predicted octanol–water partition coefficient (Wildman–Crippen LogP) is 1.30. The van der Waals surface area contributed by atoms with Crippen LogP contribution in [0.2, 0.25) is 0 Å². The number of nitrogens with zero attached hydrogens (tertiary/aromatic N) is 2. The number of carbonyl (C=O) groups is 2. The molecule has 0 radical (unpaired) electrons. The Kier molecular flexibility index (Phi) is 3.19. The molecule has 0 bridgehead atoms. The van der Waals surface area contributed by atoms with Crippen LogP contribution in [0.4, 0.5) is 4.79 Å². The van der Waals surface area contributed by atoms with Crippen LogP contribution in [0.15, 0.2) is 11.4 Å². The Morgan fingerprint density at radius 2 is 2.35 bits per heavy atom. The van der Waals surface area contributed by atoms with E-state index in [1.165, 1.54) is 28.0 Å². The Bertz CT molecular complexity index is 626. The molecule has 2 aliphatic heterocycles. The third kappa shape index (κ3) is 1.81. The predicted molar refractivity (Wildman–Crippen MR) is 71.7 cm³/mol. The van der Waals surface area contributed by atoms with Crippen molar-refractivity contribution in [2.24, 2.45) is 5.92 Å². The van der Waals surface area contributed by atoms with E-state index in [-0.39, 0.29) is 23.8 Å². The van der Waals surface area contributed by atoms with Crippen LogP contribution in [0.3, 0.4) is 0 Å². The highest BCUT2D eigenvalue weighted by Crippen LogP contribution is 2.54. The minimum atomic E-state index is -1.47. The van der Waals surface area contributed by atoms with E-state index >= 15 is 0 Å². The number of carboxylic acid groups (broad SMARTS) is 1. The SMILES string of the molecule is Cc1ncsc1C1=C(OC(=O)O)N2C(=O)[C@H](CO)[C@H]2S1. The fourth-order valence-electron chi connectivity index (χ4n) is 2.17. The lowest BCUT2D eigenvalue weighted by Gasteiger charge is -2.40. The standard InChI is InChI=1S/C11H10N2O5S2/c1-4-6(19-3-12-4)7-9(18-11(16)17)13-8(15)5(2-14)10(13)20-7/h3,5,10,14H,2H2,1H3,(H,16,17)/t5-,10+/m0/s1. The van der Waals surface area contributed by atoms with Crippen LogP contribution in [0, 0.1) is 12.8 Å². The molecule has 0 spiro atoms. The zero-order valence-electron chi connectivity index (χ0n) is 10.3. The van der Waals surface area contributed by atoms with Crippen LogP contribution in [-0.2, 0) is 9.53 Å². The third-order valence-corrected chi connectivity index (χ3v) is 5.61. The highest BCUT2D eigenvalue weighted by molar-refractivity contribution is 8.09. The number of rotatable bonds is 3. The van der Waals surface area contributed by atoms with Crippen LogP contribution in [0.1, 0.15) is 10.6 Å². The average Bonchev–Trinajstić information content (AvgIpc) is 2.91. The number of hydrogen-bond acceptors (Lipinski definition) is 7. The first-order valence-corrected chi connectivity index (χ1v) is 7.46.